The van der Waals surface area contributed by atoms with Crippen LogP contribution in [0.5, 0.6) is 0 Å². The van der Waals surface area contributed by atoms with Gasteiger partial charge in [0.2, 0.25) is 0 Å². The molecule has 1 aliphatic rings. The zero-order valence-corrected chi connectivity index (χ0v) is 8.13. The summed E-state index contributed by atoms with van der Waals surface area (Å²) in [7, 11) is 1.99. The molecule has 1 nitrogen and oxygen atoms in total. The largest absolute Gasteiger partial charge is 0.299 e. The minimum Gasteiger partial charge on any atom is -0.299 e. The molecule has 1 saturated carbocycles. The zero-order valence-electron chi connectivity index (χ0n) is 8.13. The molecule has 0 radical (unpaired) electrons. The summed E-state index contributed by atoms with van der Waals surface area (Å²) < 4.78 is 25.7. The molecule has 0 aliphatic heterocycles. The molecule has 0 heterocycles. The van der Waals surface area contributed by atoms with Crippen LogP contribution in [0.15, 0.2) is 18.2 Å². The van der Waals surface area contributed by atoms with Crippen molar-refractivity contribution < 1.29 is 8.78 Å². The molecule has 0 N–H and O–H groups in total. The summed E-state index contributed by atoms with van der Waals surface area (Å²) in [5, 5.41) is 0. The Morgan fingerprint density at radius 1 is 1.21 bits per heavy atom. The Bertz CT molecular complexity index is 314. The van der Waals surface area contributed by atoms with Gasteiger partial charge in [0.1, 0.15) is 11.6 Å². The maximum Gasteiger partial charge on any atom is 0.126 e. The maximum atomic E-state index is 12.8. The topological polar surface area (TPSA) is 3.24 Å². The van der Waals surface area contributed by atoms with Crippen LogP contribution in [-0.2, 0) is 6.54 Å². The Morgan fingerprint density at radius 3 is 2.29 bits per heavy atom. The predicted octanol–water partition coefficient (Wildman–Crippen LogP) is 2.56. The van der Waals surface area contributed by atoms with Crippen LogP contribution in [0.1, 0.15) is 18.4 Å². The summed E-state index contributed by atoms with van der Waals surface area (Å²) in [6.45, 7) is 0.624. The molecule has 0 unspecified atom stereocenters. The lowest BCUT2D eigenvalue weighted by Crippen LogP contribution is -2.20. The second-order valence-electron chi connectivity index (χ2n) is 3.92. The molecule has 76 valence electrons. The Kier molecular flexibility index (Phi) is 2.50. The standard InChI is InChI=1S/C11H13F2N/c1-14(11-2-3-11)7-8-4-9(12)6-10(13)5-8/h4-6,11H,2-3,7H2,1H3. The van der Waals surface area contributed by atoms with Gasteiger partial charge in [-0.3, -0.25) is 4.90 Å². The van der Waals surface area contributed by atoms with E-state index in [0.717, 1.165) is 6.07 Å². The van der Waals surface area contributed by atoms with E-state index in [4.69, 9.17) is 0 Å². The Morgan fingerprint density at radius 2 is 1.79 bits per heavy atom. The van der Waals surface area contributed by atoms with Gasteiger partial charge in [-0.15, -0.1) is 0 Å². The van der Waals surface area contributed by atoms with Crippen molar-refractivity contribution in [2.75, 3.05) is 7.05 Å². The molecule has 0 spiro atoms. The lowest BCUT2D eigenvalue weighted by molar-refractivity contribution is 0.315. The van der Waals surface area contributed by atoms with Gasteiger partial charge in [-0.2, -0.15) is 0 Å². The average Bonchev–Trinajstić information content (AvgIpc) is 2.82. The monoisotopic (exact) mass is 197 g/mol. The molecule has 1 aromatic rings. The molecular weight excluding hydrogens is 184 g/mol. The molecule has 1 fully saturated rings. The Labute approximate surface area is 82.3 Å². The molecule has 1 aromatic carbocycles. The fourth-order valence-corrected chi connectivity index (χ4v) is 1.63. The summed E-state index contributed by atoms with van der Waals surface area (Å²) >= 11 is 0. The Balaban J connectivity index is 2.07. The third kappa shape index (κ3) is 2.29. The summed E-state index contributed by atoms with van der Waals surface area (Å²) in [5.41, 5.74) is 0.705. The normalized spacial score (nSPS) is 16.3. The van der Waals surface area contributed by atoms with E-state index in [0.29, 0.717) is 18.2 Å². The fraction of sp³-hybridized carbons (Fsp3) is 0.455. The van der Waals surface area contributed by atoms with E-state index >= 15 is 0 Å². The predicted molar refractivity (Wildman–Crippen MR) is 50.8 cm³/mol. The Hall–Kier alpha value is -0.960. The van der Waals surface area contributed by atoms with Crippen LogP contribution in [0, 0.1) is 11.6 Å². The van der Waals surface area contributed by atoms with Crippen molar-refractivity contribution in [1.29, 1.82) is 0 Å². The average molecular weight is 197 g/mol. The molecule has 0 bridgehead atoms. The highest BCUT2D eigenvalue weighted by atomic mass is 19.1. The summed E-state index contributed by atoms with van der Waals surface area (Å²) in [6, 6.07) is 4.30. The highest BCUT2D eigenvalue weighted by Crippen LogP contribution is 2.26. The number of nitrogens with zero attached hydrogens (tertiary/aromatic N) is 1. The lowest BCUT2D eigenvalue weighted by Gasteiger charge is -2.15. The van der Waals surface area contributed by atoms with Crippen molar-refractivity contribution in [3.05, 3.63) is 35.4 Å². The van der Waals surface area contributed by atoms with E-state index in [-0.39, 0.29) is 0 Å². The van der Waals surface area contributed by atoms with Crippen molar-refractivity contribution >= 4 is 0 Å². The molecule has 0 amide bonds. The fourth-order valence-electron chi connectivity index (χ4n) is 1.63. The first-order chi connectivity index (χ1) is 6.65. The van der Waals surface area contributed by atoms with Gasteiger partial charge in [-0.25, -0.2) is 8.78 Å². The first-order valence-corrected chi connectivity index (χ1v) is 4.80. The van der Waals surface area contributed by atoms with Crippen molar-refractivity contribution in [1.82, 2.24) is 4.90 Å². The van der Waals surface area contributed by atoms with Gasteiger partial charge in [0, 0.05) is 18.7 Å². The van der Waals surface area contributed by atoms with Crippen molar-refractivity contribution in [2.24, 2.45) is 0 Å². The molecular formula is C11H13F2N. The smallest absolute Gasteiger partial charge is 0.126 e. The highest BCUT2D eigenvalue weighted by molar-refractivity contribution is 5.18. The summed E-state index contributed by atoms with van der Waals surface area (Å²) in [5.74, 6) is -0.992. The number of hydrogen-bond acceptors (Lipinski definition) is 1. The first-order valence-electron chi connectivity index (χ1n) is 4.80. The van der Waals surface area contributed by atoms with Crippen LogP contribution >= 0.6 is 0 Å². The van der Waals surface area contributed by atoms with E-state index in [1.54, 1.807) is 0 Å². The van der Waals surface area contributed by atoms with Crippen LogP contribution in [0.25, 0.3) is 0 Å². The number of rotatable bonds is 3. The third-order valence-electron chi connectivity index (χ3n) is 2.52. The van der Waals surface area contributed by atoms with Gasteiger partial charge in [-0.1, -0.05) is 0 Å². The first kappa shape index (κ1) is 9.59. The minimum atomic E-state index is -0.496. The van der Waals surface area contributed by atoms with Gasteiger partial charge in [-0.05, 0) is 37.6 Å². The van der Waals surface area contributed by atoms with Crippen LogP contribution in [0.4, 0.5) is 8.78 Å². The third-order valence-corrected chi connectivity index (χ3v) is 2.52. The van der Waals surface area contributed by atoms with Gasteiger partial charge < -0.3 is 0 Å². The van der Waals surface area contributed by atoms with E-state index < -0.39 is 11.6 Å². The molecule has 0 atom stereocenters. The second-order valence-corrected chi connectivity index (χ2v) is 3.92. The maximum absolute atomic E-state index is 12.8. The van der Waals surface area contributed by atoms with Crippen LogP contribution in [0.2, 0.25) is 0 Å². The summed E-state index contributed by atoms with van der Waals surface area (Å²) in [4.78, 5) is 2.13. The number of benzene rings is 1. The van der Waals surface area contributed by atoms with E-state index in [2.05, 4.69) is 4.90 Å². The summed E-state index contributed by atoms with van der Waals surface area (Å²) in [6.07, 6.45) is 2.41. The minimum absolute atomic E-state index is 0.496. The molecule has 1 aliphatic carbocycles. The van der Waals surface area contributed by atoms with Gasteiger partial charge >= 0.3 is 0 Å². The van der Waals surface area contributed by atoms with E-state index in [1.165, 1.54) is 25.0 Å². The second kappa shape index (κ2) is 3.65. The molecule has 3 heteroatoms. The molecule has 0 saturated heterocycles. The quantitative estimate of drug-likeness (QED) is 0.719. The molecule has 0 aromatic heterocycles. The van der Waals surface area contributed by atoms with Crippen molar-refractivity contribution in [3.63, 3.8) is 0 Å². The van der Waals surface area contributed by atoms with Crippen LogP contribution in [0.3, 0.4) is 0 Å². The number of halogens is 2. The van der Waals surface area contributed by atoms with Gasteiger partial charge in [0.25, 0.3) is 0 Å². The van der Waals surface area contributed by atoms with Crippen molar-refractivity contribution in [2.45, 2.75) is 25.4 Å². The van der Waals surface area contributed by atoms with Gasteiger partial charge in [0.05, 0.1) is 0 Å². The SMILES string of the molecule is CN(Cc1cc(F)cc(F)c1)C1CC1. The lowest BCUT2D eigenvalue weighted by atomic mass is 10.2. The van der Waals surface area contributed by atoms with E-state index in [1.807, 2.05) is 7.05 Å². The van der Waals surface area contributed by atoms with Gasteiger partial charge in [0.15, 0.2) is 0 Å². The van der Waals surface area contributed by atoms with Crippen LogP contribution in [-0.4, -0.2) is 18.0 Å². The number of hydrogen-bond donors (Lipinski definition) is 0. The van der Waals surface area contributed by atoms with Crippen LogP contribution < -0.4 is 0 Å². The van der Waals surface area contributed by atoms with E-state index in [9.17, 15) is 8.78 Å². The van der Waals surface area contributed by atoms with Crippen molar-refractivity contribution in [3.8, 4) is 0 Å². The highest BCUT2D eigenvalue weighted by Gasteiger charge is 2.25. The molecule has 14 heavy (non-hydrogen) atoms. The zero-order chi connectivity index (χ0) is 10.1. The molecule has 2 rings (SSSR count).